The molecule has 0 saturated heterocycles. The molecular weight excluding hydrogens is 189 g/mol. The van der Waals surface area contributed by atoms with Gasteiger partial charge in [-0.2, -0.15) is 0 Å². The van der Waals surface area contributed by atoms with Gasteiger partial charge in [-0.15, -0.1) is 0 Å². The zero-order valence-electron chi connectivity index (χ0n) is 9.54. The number of halogens is 1. The van der Waals surface area contributed by atoms with Crippen LogP contribution in [0.15, 0.2) is 24.3 Å². The number of nitrogens with two attached hydrogens (primary N) is 1. The van der Waals surface area contributed by atoms with Crippen LogP contribution in [-0.4, -0.2) is 0 Å². The Balaban J connectivity index is 2.59. The molecule has 0 saturated carbocycles. The number of rotatable bonds is 5. The molecular formula is C13H20FN. The minimum atomic E-state index is -0.202. The normalized spacial score (nSPS) is 14.9. The van der Waals surface area contributed by atoms with Crippen molar-refractivity contribution in [2.75, 3.05) is 0 Å². The van der Waals surface area contributed by atoms with Gasteiger partial charge in [-0.1, -0.05) is 38.8 Å². The Bertz CT molecular complexity index is 281. The van der Waals surface area contributed by atoms with E-state index < -0.39 is 0 Å². The van der Waals surface area contributed by atoms with Gasteiger partial charge in [0.25, 0.3) is 0 Å². The molecule has 0 aliphatic heterocycles. The molecule has 0 aliphatic carbocycles. The summed E-state index contributed by atoms with van der Waals surface area (Å²) in [6.07, 6.45) is 3.53. The second kappa shape index (κ2) is 5.86. The Morgan fingerprint density at radius 1 is 1.27 bits per heavy atom. The topological polar surface area (TPSA) is 26.0 Å². The second-order valence-electron chi connectivity index (χ2n) is 4.20. The largest absolute Gasteiger partial charge is 0.324 e. The molecule has 0 spiro atoms. The molecule has 2 atom stereocenters. The number of benzene rings is 1. The Morgan fingerprint density at radius 3 is 2.40 bits per heavy atom. The fraction of sp³-hybridized carbons (Fsp3) is 0.538. The lowest BCUT2D eigenvalue weighted by Gasteiger charge is -2.20. The Hall–Kier alpha value is -0.890. The number of unbranched alkanes of at least 4 members (excludes halogenated alkanes) is 1. The third-order valence-corrected chi connectivity index (χ3v) is 2.88. The molecule has 0 heterocycles. The van der Waals surface area contributed by atoms with Gasteiger partial charge < -0.3 is 5.73 Å². The number of hydrogen-bond donors (Lipinski definition) is 1. The van der Waals surface area contributed by atoms with Crippen molar-refractivity contribution in [1.29, 1.82) is 0 Å². The second-order valence-corrected chi connectivity index (χ2v) is 4.20. The van der Waals surface area contributed by atoms with Gasteiger partial charge in [-0.05, 0) is 30.0 Å². The van der Waals surface area contributed by atoms with Crippen molar-refractivity contribution < 1.29 is 4.39 Å². The van der Waals surface area contributed by atoms with E-state index in [0.717, 1.165) is 12.0 Å². The van der Waals surface area contributed by atoms with E-state index in [9.17, 15) is 4.39 Å². The first-order valence-electron chi connectivity index (χ1n) is 5.66. The van der Waals surface area contributed by atoms with Crippen molar-refractivity contribution in [2.24, 2.45) is 11.7 Å². The van der Waals surface area contributed by atoms with Crippen molar-refractivity contribution in [3.05, 3.63) is 35.6 Å². The van der Waals surface area contributed by atoms with Crippen LogP contribution in [0.1, 0.15) is 44.7 Å². The molecule has 2 N–H and O–H groups in total. The van der Waals surface area contributed by atoms with Crippen LogP contribution < -0.4 is 5.73 Å². The quantitative estimate of drug-likeness (QED) is 0.787. The van der Waals surface area contributed by atoms with Crippen LogP contribution in [0.5, 0.6) is 0 Å². The minimum Gasteiger partial charge on any atom is -0.324 e. The SMILES string of the molecule is CCCCC(C)C(N)c1ccc(F)cc1. The molecule has 0 bridgehead atoms. The predicted octanol–water partition coefficient (Wildman–Crippen LogP) is 3.65. The van der Waals surface area contributed by atoms with Gasteiger partial charge in [-0.25, -0.2) is 4.39 Å². The highest BCUT2D eigenvalue weighted by molar-refractivity contribution is 5.19. The van der Waals surface area contributed by atoms with Crippen molar-refractivity contribution in [3.8, 4) is 0 Å². The summed E-state index contributed by atoms with van der Waals surface area (Å²) in [6, 6.07) is 6.53. The van der Waals surface area contributed by atoms with E-state index in [0.29, 0.717) is 5.92 Å². The first-order chi connectivity index (χ1) is 7.15. The van der Waals surface area contributed by atoms with Crippen LogP contribution in [0.2, 0.25) is 0 Å². The molecule has 0 amide bonds. The van der Waals surface area contributed by atoms with E-state index in [-0.39, 0.29) is 11.9 Å². The summed E-state index contributed by atoms with van der Waals surface area (Å²) >= 11 is 0. The van der Waals surface area contributed by atoms with Crippen LogP contribution in [0.4, 0.5) is 4.39 Å². The highest BCUT2D eigenvalue weighted by atomic mass is 19.1. The highest BCUT2D eigenvalue weighted by Crippen LogP contribution is 2.23. The predicted molar refractivity (Wildman–Crippen MR) is 62.0 cm³/mol. The van der Waals surface area contributed by atoms with Crippen molar-refractivity contribution >= 4 is 0 Å². The van der Waals surface area contributed by atoms with Gasteiger partial charge in [0.1, 0.15) is 5.82 Å². The van der Waals surface area contributed by atoms with Crippen LogP contribution in [0.3, 0.4) is 0 Å². The van der Waals surface area contributed by atoms with E-state index in [1.54, 1.807) is 12.1 Å². The third kappa shape index (κ3) is 3.63. The van der Waals surface area contributed by atoms with Crippen LogP contribution in [0, 0.1) is 11.7 Å². The summed E-state index contributed by atoms with van der Waals surface area (Å²) in [5, 5.41) is 0. The van der Waals surface area contributed by atoms with Crippen LogP contribution >= 0.6 is 0 Å². The molecule has 0 aromatic heterocycles. The fourth-order valence-electron chi connectivity index (χ4n) is 1.72. The molecule has 0 fully saturated rings. The standard InChI is InChI=1S/C13H20FN/c1-3-4-5-10(2)13(15)11-6-8-12(14)9-7-11/h6-10,13H,3-5,15H2,1-2H3. The summed E-state index contributed by atoms with van der Waals surface area (Å²) < 4.78 is 12.7. The van der Waals surface area contributed by atoms with Gasteiger partial charge in [0.05, 0.1) is 0 Å². The third-order valence-electron chi connectivity index (χ3n) is 2.88. The van der Waals surface area contributed by atoms with E-state index >= 15 is 0 Å². The summed E-state index contributed by atoms with van der Waals surface area (Å²) in [5.41, 5.74) is 7.13. The van der Waals surface area contributed by atoms with E-state index in [4.69, 9.17) is 5.73 Å². The Labute approximate surface area is 91.5 Å². The summed E-state index contributed by atoms with van der Waals surface area (Å²) in [7, 11) is 0. The van der Waals surface area contributed by atoms with Crippen molar-refractivity contribution in [3.63, 3.8) is 0 Å². The maximum absolute atomic E-state index is 12.7. The first-order valence-corrected chi connectivity index (χ1v) is 5.66. The lowest BCUT2D eigenvalue weighted by molar-refractivity contribution is 0.423. The average molecular weight is 209 g/mol. The summed E-state index contributed by atoms with van der Waals surface area (Å²) in [6.45, 7) is 4.33. The Morgan fingerprint density at radius 2 is 1.87 bits per heavy atom. The fourth-order valence-corrected chi connectivity index (χ4v) is 1.72. The molecule has 1 rings (SSSR count). The summed E-state index contributed by atoms with van der Waals surface area (Å²) in [4.78, 5) is 0. The maximum Gasteiger partial charge on any atom is 0.123 e. The highest BCUT2D eigenvalue weighted by Gasteiger charge is 2.13. The van der Waals surface area contributed by atoms with Gasteiger partial charge in [0, 0.05) is 6.04 Å². The molecule has 1 aromatic rings. The van der Waals surface area contributed by atoms with Crippen LogP contribution in [0.25, 0.3) is 0 Å². The van der Waals surface area contributed by atoms with Gasteiger partial charge in [0.2, 0.25) is 0 Å². The number of hydrogen-bond acceptors (Lipinski definition) is 1. The average Bonchev–Trinajstić information content (AvgIpc) is 2.26. The minimum absolute atomic E-state index is 0.0251. The molecule has 84 valence electrons. The molecule has 0 aliphatic rings. The zero-order chi connectivity index (χ0) is 11.3. The van der Waals surface area contributed by atoms with Gasteiger partial charge in [0.15, 0.2) is 0 Å². The van der Waals surface area contributed by atoms with Crippen LogP contribution in [-0.2, 0) is 0 Å². The molecule has 15 heavy (non-hydrogen) atoms. The molecule has 2 unspecified atom stereocenters. The molecule has 2 heteroatoms. The maximum atomic E-state index is 12.7. The zero-order valence-corrected chi connectivity index (χ0v) is 9.54. The lowest BCUT2D eigenvalue weighted by atomic mass is 9.91. The van der Waals surface area contributed by atoms with Crippen molar-refractivity contribution in [1.82, 2.24) is 0 Å². The Kier molecular flexibility index (Phi) is 4.76. The molecule has 1 nitrogen and oxygen atoms in total. The van der Waals surface area contributed by atoms with E-state index in [2.05, 4.69) is 13.8 Å². The first kappa shape index (κ1) is 12.2. The van der Waals surface area contributed by atoms with E-state index in [1.807, 2.05) is 0 Å². The monoisotopic (exact) mass is 209 g/mol. The molecule has 1 aromatic carbocycles. The van der Waals surface area contributed by atoms with Crippen molar-refractivity contribution in [2.45, 2.75) is 39.2 Å². The van der Waals surface area contributed by atoms with Gasteiger partial charge in [-0.3, -0.25) is 0 Å². The smallest absolute Gasteiger partial charge is 0.123 e. The molecule has 0 radical (unpaired) electrons. The summed E-state index contributed by atoms with van der Waals surface area (Å²) in [5.74, 6) is 0.252. The van der Waals surface area contributed by atoms with Gasteiger partial charge >= 0.3 is 0 Å². The van der Waals surface area contributed by atoms with E-state index in [1.165, 1.54) is 25.0 Å². The lowest BCUT2D eigenvalue weighted by Crippen LogP contribution is -2.19.